The molecule has 1 aliphatic heterocycles. The van der Waals surface area contributed by atoms with Crippen LogP contribution in [0.5, 0.6) is 0 Å². The largest absolute Gasteiger partial charge is 0.369 e. The van der Waals surface area contributed by atoms with E-state index in [2.05, 4.69) is 0 Å². The van der Waals surface area contributed by atoms with Gasteiger partial charge in [0.25, 0.3) is 0 Å². The lowest BCUT2D eigenvalue weighted by atomic mass is 10.2. The molecule has 1 heterocycles. The van der Waals surface area contributed by atoms with Crippen molar-refractivity contribution in [2.45, 2.75) is 6.29 Å². The summed E-state index contributed by atoms with van der Waals surface area (Å²) in [6.07, 6.45) is -0.0483. The van der Waals surface area contributed by atoms with E-state index < -0.39 is 10.0 Å². The van der Waals surface area contributed by atoms with Crippen molar-refractivity contribution in [1.82, 2.24) is 0 Å². The van der Waals surface area contributed by atoms with Crippen LogP contribution >= 0.6 is 0 Å². The van der Waals surface area contributed by atoms with Gasteiger partial charge in [0.05, 0.1) is 0 Å². The van der Waals surface area contributed by atoms with Crippen LogP contribution in [0.1, 0.15) is 11.9 Å². The first-order chi connectivity index (χ1) is 4.97. The van der Waals surface area contributed by atoms with Gasteiger partial charge in [0, 0.05) is 5.56 Å². The predicted octanol–water partition coefficient (Wildman–Crippen LogP) is 0.731. The summed E-state index contributed by atoms with van der Waals surface area (Å²) in [5, 5.41) is 0. The Balaban J connectivity index is 2.18. The van der Waals surface area contributed by atoms with E-state index in [9.17, 15) is 0 Å². The Morgan fingerprint density at radius 2 is 1.80 bits per heavy atom. The third kappa shape index (κ3) is 0.987. The number of benzene rings is 1. The molecule has 0 unspecified atom stereocenters. The van der Waals surface area contributed by atoms with Gasteiger partial charge in [-0.1, -0.05) is 30.3 Å². The van der Waals surface area contributed by atoms with Gasteiger partial charge < -0.3 is 8.85 Å². The molecule has 10 heavy (non-hydrogen) atoms. The standard InChI is InChI=1S/C7H8O2Si/c1-2-4-6(5-3-1)7-8-10-9-7/h1-5,7H,10H2. The molecule has 0 bridgehead atoms. The highest BCUT2D eigenvalue weighted by molar-refractivity contribution is 6.20. The third-order valence-electron chi connectivity index (χ3n) is 1.51. The Kier molecular flexibility index (Phi) is 1.54. The fourth-order valence-electron chi connectivity index (χ4n) is 0.939. The van der Waals surface area contributed by atoms with E-state index in [0.29, 0.717) is 0 Å². The Morgan fingerprint density at radius 3 is 2.30 bits per heavy atom. The molecule has 1 aliphatic rings. The van der Waals surface area contributed by atoms with Crippen molar-refractivity contribution in [2.75, 3.05) is 0 Å². The zero-order valence-corrected chi connectivity index (χ0v) is 6.90. The molecule has 3 heteroatoms. The molecule has 0 N–H and O–H groups in total. The maximum Gasteiger partial charge on any atom is 0.309 e. The molecule has 2 nitrogen and oxygen atoms in total. The van der Waals surface area contributed by atoms with Crippen molar-refractivity contribution in [3.63, 3.8) is 0 Å². The van der Waals surface area contributed by atoms with Crippen LogP contribution in [0.25, 0.3) is 0 Å². The van der Waals surface area contributed by atoms with Gasteiger partial charge in [0.15, 0.2) is 6.29 Å². The van der Waals surface area contributed by atoms with Crippen LogP contribution in [0.2, 0.25) is 0 Å². The summed E-state index contributed by atoms with van der Waals surface area (Å²) in [6.45, 7) is 0. The summed E-state index contributed by atoms with van der Waals surface area (Å²) in [7, 11) is -0.586. The van der Waals surface area contributed by atoms with Gasteiger partial charge in [-0.15, -0.1) is 0 Å². The quantitative estimate of drug-likeness (QED) is 0.552. The van der Waals surface area contributed by atoms with Crippen molar-refractivity contribution >= 4 is 10.0 Å². The lowest BCUT2D eigenvalue weighted by Gasteiger charge is -2.27. The normalized spacial score (nSPS) is 26.2. The molecule has 2 rings (SSSR count). The summed E-state index contributed by atoms with van der Waals surface area (Å²) in [6, 6.07) is 9.99. The second-order valence-electron chi connectivity index (χ2n) is 2.19. The molecule has 1 saturated heterocycles. The lowest BCUT2D eigenvalue weighted by molar-refractivity contribution is -0.0994. The highest BCUT2D eigenvalue weighted by atomic mass is 28.3. The average Bonchev–Trinajstić information content (AvgIpc) is 1.86. The predicted molar refractivity (Wildman–Crippen MR) is 39.9 cm³/mol. The van der Waals surface area contributed by atoms with Crippen LogP contribution in [0.3, 0.4) is 0 Å². The van der Waals surface area contributed by atoms with E-state index in [4.69, 9.17) is 8.85 Å². The van der Waals surface area contributed by atoms with E-state index >= 15 is 0 Å². The Bertz CT molecular complexity index is 208. The van der Waals surface area contributed by atoms with Gasteiger partial charge in [-0.25, -0.2) is 0 Å². The first kappa shape index (κ1) is 6.09. The van der Waals surface area contributed by atoms with Crippen molar-refractivity contribution < 1.29 is 8.85 Å². The number of rotatable bonds is 1. The molecular weight excluding hydrogens is 144 g/mol. The zero-order valence-electron chi connectivity index (χ0n) is 5.49. The van der Waals surface area contributed by atoms with Crippen molar-refractivity contribution in [3.8, 4) is 0 Å². The van der Waals surface area contributed by atoms with Crippen LogP contribution in [0, 0.1) is 0 Å². The first-order valence-corrected chi connectivity index (χ1v) is 4.40. The van der Waals surface area contributed by atoms with Crippen molar-refractivity contribution in [1.29, 1.82) is 0 Å². The van der Waals surface area contributed by atoms with Gasteiger partial charge in [0.2, 0.25) is 0 Å². The molecule has 52 valence electrons. The van der Waals surface area contributed by atoms with Crippen molar-refractivity contribution in [2.24, 2.45) is 0 Å². The molecule has 0 amide bonds. The van der Waals surface area contributed by atoms with Crippen molar-refractivity contribution in [3.05, 3.63) is 35.9 Å². The fraction of sp³-hybridized carbons (Fsp3) is 0.143. The lowest BCUT2D eigenvalue weighted by Crippen LogP contribution is -2.25. The Hall–Kier alpha value is -0.643. The highest BCUT2D eigenvalue weighted by Crippen LogP contribution is 2.23. The first-order valence-electron chi connectivity index (χ1n) is 3.25. The van der Waals surface area contributed by atoms with Crippen LogP contribution in [-0.2, 0) is 8.85 Å². The summed E-state index contributed by atoms with van der Waals surface area (Å²) in [4.78, 5) is 0. The van der Waals surface area contributed by atoms with Gasteiger partial charge in [-0.05, 0) is 0 Å². The van der Waals surface area contributed by atoms with Crippen LogP contribution in [0.4, 0.5) is 0 Å². The SMILES string of the molecule is c1ccc(C2O[SiH2]O2)cc1. The summed E-state index contributed by atoms with van der Waals surface area (Å²) in [5.74, 6) is 0. The summed E-state index contributed by atoms with van der Waals surface area (Å²) in [5.41, 5.74) is 1.13. The van der Waals surface area contributed by atoms with E-state index in [-0.39, 0.29) is 6.29 Å². The zero-order chi connectivity index (χ0) is 6.81. The molecule has 1 fully saturated rings. The van der Waals surface area contributed by atoms with Crippen LogP contribution in [0.15, 0.2) is 30.3 Å². The van der Waals surface area contributed by atoms with Gasteiger partial charge >= 0.3 is 10.0 Å². The number of hydrogen-bond donors (Lipinski definition) is 0. The van der Waals surface area contributed by atoms with E-state index in [1.54, 1.807) is 0 Å². The molecule has 0 saturated carbocycles. The molecule has 0 radical (unpaired) electrons. The Morgan fingerprint density at radius 1 is 1.10 bits per heavy atom. The Labute approximate surface area is 61.8 Å². The van der Waals surface area contributed by atoms with E-state index in [1.165, 1.54) is 0 Å². The van der Waals surface area contributed by atoms with E-state index in [1.807, 2.05) is 30.3 Å². The maximum absolute atomic E-state index is 5.23. The second-order valence-corrected chi connectivity index (χ2v) is 3.10. The van der Waals surface area contributed by atoms with Gasteiger partial charge in [-0.2, -0.15) is 0 Å². The average molecular weight is 152 g/mol. The minimum atomic E-state index is -0.586. The van der Waals surface area contributed by atoms with Gasteiger partial charge in [0.1, 0.15) is 0 Å². The molecule has 0 aromatic heterocycles. The minimum Gasteiger partial charge on any atom is -0.369 e. The van der Waals surface area contributed by atoms with E-state index in [0.717, 1.165) is 5.56 Å². The topological polar surface area (TPSA) is 18.5 Å². The van der Waals surface area contributed by atoms with Crippen LogP contribution in [-0.4, -0.2) is 10.0 Å². The minimum absolute atomic E-state index is 0.0483. The fourth-order valence-corrected chi connectivity index (χ4v) is 1.60. The third-order valence-corrected chi connectivity index (χ3v) is 2.39. The smallest absolute Gasteiger partial charge is 0.309 e. The monoisotopic (exact) mass is 152 g/mol. The maximum atomic E-state index is 5.23. The molecule has 1 aromatic carbocycles. The summed E-state index contributed by atoms with van der Waals surface area (Å²) < 4.78 is 10.5. The summed E-state index contributed by atoms with van der Waals surface area (Å²) >= 11 is 0. The molecule has 0 aliphatic carbocycles. The molecule has 1 aromatic rings. The van der Waals surface area contributed by atoms with Gasteiger partial charge in [-0.3, -0.25) is 0 Å². The van der Waals surface area contributed by atoms with Crippen LogP contribution < -0.4 is 0 Å². The molecule has 0 atom stereocenters. The molecular formula is C7H8O2Si. The molecule has 0 spiro atoms. The highest BCUT2D eigenvalue weighted by Gasteiger charge is 2.19. The number of hydrogen-bond acceptors (Lipinski definition) is 2. The second kappa shape index (κ2) is 2.54.